The number of hydrogen-bond acceptors (Lipinski definition) is 2. The molecule has 2 atom stereocenters. The SMILES string of the molecule is COC(C)CC(CNC1CC1)Cc1ccccc1C. The van der Waals surface area contributed by atoms with Crippen molar-refractivity contribution >= 4 is 0 Å². The normalized spacial score (nSPS) is 18.3. The monoisotopic (exact) mass is 261 g/mol. The average molecular weight is 261 g/mol. The molecule has 0 amide bonds. The van der Waals surface area contributed by atoms with E-state index in [0.29, 0.717) is 12.0 Å². The van der Waals surface area contributed by atoms with Crippen LogP contribution in [0.25, 0.3) is 0 Å². The van der Waals surface area contributed by atoms with Gasteiger partial charge in [0, 0.05) is 13.2 Å². The molecule has 0 heterocycles. The number of aryl methyl sites for hydroxylation is 1. The zero-order valence-corrected chi connectivity index (χ0v) is 12.5. The summed E-state index contributed by atoms with van der Waals surface area (Å²) >= 11 is 0. The number of methoxy groups -OCH3 is 1. The van der Waals surface area contributed by atoms with E-state index in [4.69, 9.17) is 4.74 Å². The summed E-state index contributed by atoms with van der Waals surface area (Å²) in [6.07, 6.45) is 5.34. The van der Waals surface area contributed by atoms with E-state index < -0.39 is 0 Å². The van der Waals surface area contributed by atoms with E-state index in [1.807, 2.05) is 7.11 Å². The Kier molecular flexibility index (Phi) is 5.41. The molecule has 0 aliphatic heterocycles. The van der Waals surface area contributed by atoms with Crippen molar-refractivity contribution in [3.63, 3.8) is 0 Å². The van der Waals surface area contributed by atoms with Gasteiger partial charge >= 0.3 is 0 Å². The van der Waals surface area contributed by atoms with Crippen LogP contribution >= 0.6 is 0 Å². The van der Waals surface area contributed by atoms with Crippen LogP contribution in [0.15, 0.2) is 24.3 Å². The average Bonchev–Trinajstić information content (AvgIpc) is 3.22. The van der Waals surface area contributed by atoms with Gasteiger partial charge in [-0.2, -0.15) is 0 Å². The van der Waals surface area contributed by atoms with Gasteiger partial charge in [0.05, 0.1) is 6.10 Å². The van der Waals surface area contributed by atoms with Crippen LogP contribution in [0, 0.1) is 12.8 Å². The number of ether oxygens (including phenoxy) is 1. The molecule has 1 aromatic rings. The molecule has 0 spiro atoms. The molecule has 1 aliphatic rings. The standard InChI is InChI=1S/C17H27NO/c1-13-6-4-5-7-16(13)11-15(10-14(2)19-3)12-18-17-8-9-17/h4-7,14-15,17-18H,8-12H2,1-3H3. The summed E-state index contributed by atoms with van der Waals surface area (Å²) in [5.41, 5.74) is 2.89. The lowest BCUT2D eigenvalue weighted by Gasteiger charge is -2.22. The molecule has 0 radical (unpaired) electrons. The molecule has 1 fully saturated rings. The van der Waals surface area contributed by atoms with E-state index in [2.05, 4.69) is 43.4 Å². The molecule has 1 N–H and O–H groups in total. The predicted molar refractivity (Wildman–Crippen MR) is 80.5 cm³/mol. The highest BCUT2D eigenvalue weighted by molar-refractivity contribution is 5.26. The highest BCUT2D eigenvalue weighted by atomic mass is 16.5. The molecule has 0 aromatic heterocycles. The van der Waals surface area contributed by atoms with Crippen molar-refractivity contribution in [3.05, 3.63) is 35.4 Å². The van der Waals surface area contributed by atoms with Crippen molar-refractivity contribution in [1.29, 1.82) is 0 Å². The van der Waals surface area contributed by atoms with Gasteiger partial charge in [0.25, 0.3) is 0 Å². The molecule has 106 valence electrons. The summed E-state index contributed by atoms with van der Waals surface area (Å²) in [6, 6.07) is 9.52. The molecule has 2 nitrogen and oxygen atoms in total. The summed E-state index contributed by atoms with van der Waals surface area (Å²) < 4.78 is 5.44. The Hall–Kier alpha value is -0.860. The first kappa shape index (κ1) is 14.5. The number of benzene rings is 1. The third-order valence-corrected chi connectivity index (χ3v) is 4.11. The van der Waals surface area contributed by atoms with Crippen LogP contribution in [0.3, 0.4) is 0 Å². The van der Waals surface area contributed by atoms with Crippen LogP contribution in [0.5, 0.6) is 0 Å². The van der Waals surface area contributed by atoms with Gasteiger partial charge in [0.15, 0.2) is 0 Å². The van der Waals surface area contributed by atoms with Gasteiger partial charge in [0.1, 0.15) is 0 Å². The largest absolute Gasteiger partial charge is 0.382 e. The zero-order chi connectivity index (χ0) is 13.7. The van der Waals surface area contributed by atoms with Crippen molar-refractivity contribution in [2.24, 2.45) is 5.92 Å². The van der Waals surface area contributed by atoms with Crippen LogP contribution in [0.2, 0.25) is 0 Å². The fourth-order valence-electron chi connectivity index (χ4n) is 2.58. The third-order valence-electron chi connectivity index (χ3n) is 4.11. The second-order valence-electron chi connectivity index (χ2n) is 5.96. The Morgan fingerprint density at radius 1 is 1.32 bits per heavy atom. The Morgan fingerprint density at radius 2 is 2.05 bits per heavy atom. The fraction of sp³-hybridized carbons (Fsp3) is 0.647. The van der Waals surface area contributed by atoms with Crippen LogP contribution in [-0.4, -0.2) is 25.8 Å². The van der Waals surface area contributed by atoms with Gasteiger partial charge in [-0.1, -0.05) is 24.3 Å². The first-order valence-electron chi connectivity index (χ1n) is 7.49. The van der Waals surface area contributed by atoms with Gasteiger partial charge in [0.2, 0.25) is 0 Å². The summed E-state index contributed by atoms with van der Waals surface area (Å²) in [6.45, 7) is 5.50. The number of nitrogens with one attached hydrogen (secondary N) is 1. The Labute approximate surface area is 117 Å². The second kappa shape index (κ2) is 7.06. The smallest absolute Gasteiger partial charge is 0.0546 e. The molecule has 0 bridgehead atoms. The van der Waals surface area contributed by atoms with E-state index in [0.717, 1.165) is 25.4 Å². The Bertz CT molecular complexity index is 387. The zero-order valence-electron chi connectivity index (χ0n) is 12.5. The van der Waals surface area contributed by atoms with Crippen LogP contribution in [0.1, 0.15) is 37.3 Å². The van der Waals surface area contributed by atoms with Gasteiger partial charge < -0.3 is 10.1 Å². The topological polar surface area (TPSA) is 21.3 Å². The lowest BCUT2D eigenvalue weighted by Crippen LogP contribution is -2.28. The summed E-state index contributed by atoms with van der Waals surface area (Å²) in [4.78, 5) is 0. The van der Waals surface area contributed by atoms with Crippen molar-refractivity contribution in [3.8, 4) is 0 Å². The van der Waals surface area contributed by atoms with Gasteiger partial charge in [-0.05, 0) is 63.1 Å². The van der Waals surface area contributed by atoms with Crippen LogP contribution in [0.4, 0.5) is 0 Å². The summed E-state index contributed by atoms with van der Waals surface area (Å²) in [7, 11) is 1.81. The van der Waals surface area contributed by atoms with Gasteiger partial charge in [-0.25, -0.2) is 0 Å². The van der Waals surface area contributed by atoms with Crippen molar-refractivity contribution in [2.45, 2.75) is 51.7 Å². The van der Waals surface area contributed by atoms with E-state index in [-0.39, 0.29) is 0 Å². The molecule has 19 heavy (non-hydrogen) atoms. The maximum Gasteiger partial charge on any atom is 0.0546 e. The molecule has 2 rings (SSSR count). The quantitative estimate of drug-likeness (QED) is 0.775. The molecule has 1 aromatic carbocycles. The minimum Gasteiger partial charge on any atom is -0.382 e. The van der Waals surface area contributed by atoms with E-state index >= 15 is 0 Å². The molecule has 1 aliphatic carbocycles. The maximum atomic E-state index is 5.44. The summed E-state index contributed by atoms with van der Waals surface area (Å²) in [5, 5.41) is 3.67. The summed E-state index contributed by atoms with van der Waals surface area (Å²) in [5.74, 6) is 0.664. The number of rotatable bonds is 8. The first-order chi connectivity index (χ1) is 9.19. The van der Waals surface area contributed by atoms with E-state index in [1.165, 1.54) is 24.0 Å². The Morgan fingerprint density at radius 3 is 2.68 bits per heavy atom. The molecular formula is C17H27NO. The van der Waals surface area contributed by atoms with E-state index in [9.17, 15) is 0 Å². The Balaban J connectivity index is 1.92. The predicted octanol–water partition coefficient (Wildman–Crippen LogP) is 3.33. The molecule has 0 saturated heterocycles. The van der Waals surface area contributed by atoms with Crippen molar-refractivity contribution < 1.29 is 4.74 Å². The van der Waals surface area contributed by atoms with Crippen LogP contribution < -0.4 is 5.32 Å². The van der Waals surface area contributed by atoms with Crippen LogP contribution in [-0.2, 0) is 11.2 Å². The first-order valence-corrected chi connectivity index (χ1v) is 7.49. The molecule has 2 unspecified atom stereocenters. The van der Waals surface area contributed by atoms with Crippen molar-refractivity contribution in [2.75, 3.05) is 13.7 Å². The lowest BCUT2D eigenvalue weighted by atomic mass is 9.92. The number of hydrogen-bond donors (Lipinski definition) is 1. The fourth-order valence-corrected chi connectivity index (χ4v) is 2.58. The molecular weight excluding hydrogens is 234 g/mol. The van der Waals surface area contributed by atoms with E-state index in [1.54, 1.807) is 0 Å². The minimum atomic E-state index is 0.343. The second-order valence-corrected chi connectivity index (χ2v) is 5.96. The molecule has 1 saturated carbocycles. The maximum absolute atomic E-state index is 5.44. The highest BCUT2D eigenvalue weighted by Crippen LogP contribution is 2.22. The third kappa shape index (κ3) is 4.96. The van der Waals surface area contributed by atoms with Crippen molar-refractivity contribution in [1.82, 2.24) is 5.32 Å². The highest BCUT2D eigenvalue weighted by Gasteiger charge is 2.23. The van der Waals surface area contributed by atoms with Gasteiger partial charge in [-0.3, -0.25) is 0 Å². The lowest BCUT2D eigenvalue weighted by molar-refractivity contribution is 0.0945. The minimum absolute atomic E-state index is 0.343. The van der Waals surface area contributed by atoms with Gasteiger partial charge in [-0.15, -0.1) is 0 Å². The molecule has 2 heteroatoms.